The van der Waals surface area contributed by atoms with Gasteiger partial charge in [0.2, 0.25) is 15.9 Å². The molecule has 1 fully saturated rings. The number of amides is 1. The average Bonchev–Trinajstić information content (AvgIpc) is 3.34. The van der Waals surface area contributed by atoms with Crippen molar-refractivity contribution in [3.05, 3.63) is 42.5 Å². The molecular formula is C22H29N3O6S2. The minimum atomic E-state index is -3.77. The van der Waals surface area contributed by atoms with Gasteiger partial charge in [-0.25, -0.2) is 21.1 Å². The Morgan fingerprint density at radius 2 is 1.73 bits per heavy atom. The van der Waals surface area contributed by atoms with Gasteiger partial charge >= 0.3 is 0 Å². The van der Waals surface area contributed by atoms with Gasteiger partial charge in [0.25, 0.3) is 0 Å². The quantitative estimate of drug-likeness (QED) is 0.548. The van der Waals surface area contributed by atoms with E-state index in [-0.39, 0.29) is 27.3 Å². The van der Waals surface area contributed by atoms with E-state index in [9.17, 15) is 21.6 Å². The number of sulfone groups is 1. The van der Waals surface area contributed by atoms with Crippen molar-refractivity contribution in [2.45, 2.75) is 40.7 Å². The number of anilines is 2. The minimum absolute atomic E-state index is 0.0643. The fraction of sp³-hybridized carbons (Fsp3) is 0.409. The molecule has 0 radical (unpaired) electrons. The Labute approximate surface area is 195 Å². The van der Waals surface area contributed by atoms with Crippen LogP contribution >= 0.6 is 0 Å². The predicted octanol–water partition coefficient (Wildman–Crippen LogP) is 2.71. The zero-order valence-electron chi connectivity index (χ0n) is 18.9. The zero-order chi connectivity index (χ0) is 24.2. The maximum atomic E-state index is 12.8. The van der Waals surface area contributed by atoms with Crippen LogP contribution in [0.3, 0.4) is 0 Å². The monoisotopic (exact) mass is 495 g/mol. The number of nitrogens with one attached hydrogen (secondary N) is 2. The van der Waals surface area contributed by atoms with Gasteiger partial charge in [-0.2, -0.15) is 0 Å². The number of nitrogens with zero attached hydrogens (tertiary/aromatic N) is 1. The number of carbonyl (C=O) groups excluding carboxylic acids is 1. The summed E-state index contributed by atoms with van der Waals surface area (Å²) in [4.78, 5) is 12.6. The van der Waals surface area contributed by atoms with E-state index in [4.69, 9.17) is 4.74 Å². The fourth-order valence-electron chi connectivity index (χ4n) is 3.71. The molecule has 11 heteroatoms. The van der Waals surface area contributed by atoms with E-state index in [0.29, 0.717) is 24.2 Å². The van der Waals surface area contributed by atoms with Gasteiger partial charge in [0.05, 0.1) is 23.8 Å². The second kappa shape index (κ2) is 10.1. The lowest BCUT2D eigenvalue weighted by atomic mass is 10.3. The molecule has 0 unspecified atom stereocenters. The standard InChI is InChI=1S/C22H29N3O6S2/c1-25(2)33(29,30)21-14-17(11-12-20(21)31-3)24-22(26)15-23-16-7-6-10-19(13-16)32(27,28)18-8-4-5-9-18/h6-7,10-14,18,23H,4-5,8-9,15H2,1-3H3,(H,24,26). The topological polar surface area (TPSA) is 122 Å². The summed E-state index contributed by atoms with van der Waals surface area (Å²) in [7, 11) is -2.98. The number of rotatable bonds is 9. The van der Waals surface area contributed by atoms with E-state index in [1.807, 2.05) is 0 Å². The Morgan fingerprint density at radius 3 is 2.36 bits per heavy atom. The molecule has 0 spiro atoms. The van der Waals surface area contributed by atoms with E-state index in [0.717, 1.165) is 17.1 Å². The lowest BCUT2D eigenvalue weighted by Crippen LogP contribution is -2.24. The van der Waals surface area contributed by atoms with Crippen LogP contribution in [0.1, 0.15) is 25.7 Å². The van der Waals surface area contributed by atoms with Crippen LogP contribution in [0.5, 0.6) is 5.75 Å². The zero-order valence-corrected chi connectivity index (χ0v) is 20.5. The van der Waals surface area contributed by atoms with Gasteiger partial charge in [0.1, 0.15) is 10.6 Å². The Kier molecular flexibility index (Phi) is 7.65. The summed E-state index contributed by atoms with van der Waals surface area (Å²) in [5.74, 6) is -0.252. The molecule has 2 aromatic rings. The summed E-state index contributed by atoms with van der Waals surface area (Å²) in [5, 5.41) is 5.22. The highest BCUT2D eigenvalue weighted by Gasteiger charge is 2.30. The van der Waals surface area contributed by atoms with Crippen molar-refractivity contribution >= 4 is 37.1 Å². The first-order valence-corrected chi connectivity index (χ1v) is 13.5. The molecule has 0 aliphatic heterocycles. The van der Waals surface area contributed by atoms with Gasteiger partial charge in [0.15, 0.2) is 9.84 Å². The van der Waals surface area contributed by atoms with Crippen LogP contribution < -0.4 is 15.4 Å². The van der Waals surface area contributed by atoms with Crippen LogP contribution in [-0.4, -0.2) is 60.0 Å². The third-order valence-electron chi connectivity index (χ3n) is 5.56. The first-order valence-electron chi connectivity index (χ1n) is 10.5. The van der Waals surface area contributed by atoms with E-state index in [2.05, 4.69) is 10.6 Å². The van der Waals surface area contributed by atoms with E-state index < -0.39 is 25.8 Å². The molecular weight excluding hydrogens is 466 g/mol. The smallest absolute Gasteiger partial charge is 0.246 e. The molecule has 2 aromatic carbocycles. The molecule has 33 heavy (non-hydrogen) atoms. The van der Waals surface area contributed by atoms with Crippen LogP contribution in [0.25, 0.3) is 0 Å². The first-order chi connectivity index (χ1) is 15.6. The number of sulfonamides is 1. The number of hydrogen-bond acceptors (Lipinski definition) is 7. The SMILES string of the molecule is COc1ccc(NC(=O)CNc2cccc(S(=O)(=O)C3CCCC3)c2)cc1S(=O)(=O)N(C)C. The largest absolute Gasteiger partial charge is 0.495 e. The molecule has 2 N–H and O–H groups in total. The number of carbonyl (C=O) groups is 1. The molecule has 3 rings (SSSR count). The van der Waals surface area contributed by atoms with Crippen molar-refractivity contribution in [3.8, 4) is 5.75 Å². The van der Waals surface area contributed by atoms with E-state index in [1.54, 1.807) is 24.3 Å². The molecule has 180 valence electrons. The summed E-state index contributed by atoms with van der Waals surface area (Å²) in [5.41, 5.74) is 0.801. The summed E-state index contributed by atoms with van der Waals surface area (Å²) in [6.45, 7) is -0.130. The van der Waals surface area contributed by atoms with Crippen molar-refractivity contribution in [2.24, 2.45) is 0 Å². The number of hydrogen-bond donors (Lipinski definition) is 2. The molecule has 1 aliphatic carbocycles. The maximum absolute atomic E-state index is 12.8. The fourth-order valence-corrected chi connectivity index (χ4v) is 6.69. The second-order valence-corrected chi connectivity index (χ2v) is 12.4. The minimum Gasteiger partial charge on any atom is -0.495 e. The van der Waals surface area contributed by atoms with Crippen molar-refractivity contribution in [1.82, 2.24) is 4.31 Å². The van der Waals surface area contributed by atoms with Crippen LogP contribution in [0.15, 0.2) is 52.3 Å². The van der Waals surface area contributed by atoms with Gasteiger partial charge < -0.3 is 15.4 Å². The van der Waals surface area contributed by atoms with Crippen molar-refractivity contribution in [1.29, 1.82) is 0 Å². The van der Waals surface area contributed by atoms with Crippen LogP contribution in [0.2, 0.25) is 0 Å². The van der Waals surface area contributed by atoms with Crippen LogP contribution in [0.4, 0.5) is 11.4 Å². The highest BCUT2D eigenvalue weighted by Crippen LogP contribution is 2.31. The van der Waals surface area contributed by atoms with Crippen molar-refractivity contribution in [3.63, 3.8) is 0 Å². The first kappa shape index (κ1) is 25.0. The van der Waals surface area contributed by atoms with Crippen molar-refractivity contribution in [2.75, 3.05) is 38.4 Å². The third kappa shape index (κ3) is 5.66. The summed E-state index contributed by atoms with van der Waals surface area (Å²) >= 11 is 0. The average molecular weight is 496 g/mol. The summed E-state index contributed by atoms with van der Waals surface area (Å²) in [6, 6.07) is 10.8. The molecule has 0 aromatic heterocycles. The Balaban J connectivity index is 1.69. The Hall–Kier alpha value is -2.63. The van der Waals surface area contributed by atoms with Gasteiger partial charge in [-0.1, -0.05) is 18.9 Å². The molecule has 0 saturated heterocycles. The molecule has 1 saturated carbocycles. The van der Waals surface area contributed by atoms with Gasteiger partial charge in [-0.15, -0.1) is 0 Å². The van der Waals surface area contributed by atoms with Crippen LogP contribution in [0, 0.1) is 0 Å². The Morgan fingerprint density at radius 1 is 1.03 bits per heavy atom. The van der Waals surface area contributed by atoms with Gasteiger partial charge in [-0.3, -0.25) is 4.79 Å². The third-order valence-corrected chi connectivity index (χ3v) is 9.66. The molecule has 0 heterocycles. The number of benzene rings is 2. The highest BCUT2D eigenvalue weighted by molar-refractivity contribution is 7.92. The van der Waals surface area contributed by atoms with Crippen molar-refractivity contribution < 1.29 is 26.4 Å². The maximum Gasteiger partial charge on any atom is 0.246 e. The molecule has 1 amide bonds. The number of ether oxygens (including phenoxy) is 1. The second-order valence-electron chi connectivity index (χ2n) is 8.03. The lowest BCUT2D eigenvalue weighted by molar-refractivity contribution is -0.114. The Bertz CT molecular complexity index is 1220. The van der Waals surface area contributed by atoms with E-state index >= 15 is 0 Å². The van der Waals surface area contributed by atoms with E-state index in [1.165, 1.54) is 39.4 Å². The van der Waals surface area contributed by atoms with Crippen LogP contribution in [-0.2, 0) is 24.7 Å². The summed E-state index contributed by atoms with van der Waals surface area (Å²) < 4.78 is 56.9. The lowest BCUT2D eigenvalue weighted by Gasteiger charge is -2.16. The normalized spacial score (nSPS) is 14.9. The highest BCUT2D eigenvalue weighted by atomic mass is 32.2. The number of methoxy groups -OCH3 is 1. The van der Waals surface area contributed by atoms with Gasteiger partial charge in [0, 0.05) is 25.5 Å². The molecule has 0 atom stereocenters. The molecule has 9 nitrogen and oxygen atoms in total. The molecule has 1 aliphatic rings. The predicted molar refractivity (Wildman–Crippen MR) is 127 cm³/mol. The summed E-state index contributed by atoms with van der Waals surface area (Å²) in [6.07, 6.45) is 3.20. The molecule has 0 bridgehead atoms. The van der Waals surface area contributed by atoms with Gasteiger partial charge in [-0.05, 0) is 49.2 Å².